The van der Waals surface area contributed by atoms with Gasteiger partial charge in [0.15, 0.2) is 4.34 Å². The SMILES string of the molecule is Cc1nnc(Sc2ccccc2NS(C)(=O)=O)s1. The number of sulfonamides is 1. The molecule has 0 saturated carbocycles. The predicted octanol–water partition coefficient (Wildman–Crippen LogP) is 2.37. The molecule has 96 valence electrons. The molecule has 0 aliphatic heterocycles. The van der Waals surface area contributed by atoms with Gasteiger partial charge in [0, 0.05) is 4.90 Å². The van der Waals surface area contributed by atoms with Crippen LogP contribution in [-0.4, -0.2) is 24.9 Å². The molecular formula is C10H11N3O2S3. The summed E-state index contributed by atoms with van der Waals surface area (Å²) in [4.78, 5) is 0.805. The first-order chi connectivity index (χ1) is 8.44. The van der Waals surface area contributed by atoms with E-state index in [1.165, 1.54) is 23.1 Å². The lowest BCUT2D eigenvalue weighted by molar-refractivity contribution is 0.606. The second-order valence-corrected chi connectivity index (χ2v) is 7.78. The maximum atomic E-state index is 11.3. The predicted molar refractivity (Wildman–Crippen MR) is 73.7 cm³/mol. The van der Waals surface area contributed by atoms with Crippen LogP contribution in [0, 0.1) is 6.92 Å². The highest BCUT2D eigenvalue weighted by Gasteiger charge is 2.10. The van der Waals surface area contributed by atoms with Gasteiger partial charge in [0.05, 0.1) is 11.9 Å². The third-order valence-corrected chi connectivity index (χ3v) is 4.44. The van der Waals surface area contributed by atoms with Crippen LogP contribution < -0.4 is 4.72 Å². The lowest BCUT2D eigenvalue weighted by atomic mass is 10.3. The maximum Gasteiger partial charge on any atom is 0.229 e. The molecule has 0 aliphatic carbocycles. The topological polar surface area (TPSA) is 72.0 Å². The Hall–Kier alpha value is -1.12. The quantitative estimate of drug-likeness (QED) is 0.938. The normalized spacial score (nSPS) is 11.4. The first-order valence-electron chi connectivity index (χ1n) is 4.99. The Kier molecular flexibility index (Phi) is 3.88. The summed E-state index contributed by atoms with van der Waals surface area (Å²) in [5.74, 6) is 0. The Morgan fingerprint density at radius 3 is 2.61 bits per heavy atom. The van der Waals surface area contributed by atoms with Crippen molar-refractivity contribution in [3.8, 4) is 0 Å². The van der Waals surface area contributed by atoms with Gasteiger partial charge in [-0.3, -0.25) is 4.72 Å². The number of aromatic nitrogens is 2. The average molecular weight is 301 g/mol. The van der Waals surface area contributed by atoms with E-state index in [9.17, 15) is 8.42 Å². The fourth-order valence-corrected chi connectivity index (χ4v) is 3.75. The van der Waals surface area contributed by atoms with E-state index in [-0.39, 0.29) is 0 Å². The smallest absolute Gasteiger partial charge is 0.229 e. The van der Waals surface area contributed by atoms with Crippen molar-refractivity contribution in [1.82, 2.24) is 10.2 Å². The number of hydrogen-bond donors (Lipinski definition) is 1. The van der Waals surface area contributed by atoms with Gasteiger partial charge in [-0.1, -0.05) is 35.2 Å². The van der Waals surface area contributed by atoms with Crippen LogP contribution in [0.3, 0.4) is 0 Å². The third-order valence-electron chi connectivity index (χ3n) is 1.89. The second-order valence-electron chi connectivity index (χ2n) is 3.56. The van der Waals surface area contributed by atoms with E-state index in [0.29, 0.717) is 5.69 Å². The van der Waals surface area contributed by atoms with Crippen LogP contribution in [0.2, 0.25) is 0 Å². The summed E-state index contributed by atoms with van der Waals surface area (Å²) in [5, 5.41) is 8.81. The first kappa shape index (κ1) is 13.3. The summed E-state index contributed by atoms with van der Waals surface area (Å²) in [6.07, 6.45) is 1.13. The van der Waals surface area contributed by atoms with E-state index >= 15 is 0 Å². The van der Waals surface area contributed by atoms with E-state index in [1.54, 1.807) is 12.1 Å². The van der Waals surface area contributed by atoms with Crippen LogP contribution in [0.15, 0.2) is 33.5 Å². The molecule has 0 unspecified atom stereocenters. The number of para-hydroxylation sites is 1. The van der Waals surface area contributed by atoms with Crippen molar-refractivity contribution >= 4 is 38.8 Å². The summed E-state index contributed by atoms with van der Waals surface area (Å²) < 4.78 is 25.8. The summed E-state index contributed by atoms with van der Waals surface area (Å²) in [5.41, 5.74) is 0.554. The zero-order valence-electron chi connectivity index (χ0n) is 9.75. The van der Waals surface area contributed by atoms with Gasteiger partial charge < -0.3 is 0 Å². The second kappa shape index (κ2) is 5.25. The molecule has 1 aromatic carbocycles. The molecule has 2 rings (SSSR count). The molecule has 0 amide bonds. The van der Waals surface area contributed by atoms with Crippen molar-refractivity contribution in [3.05, 3.63) is 29.3 Å². The Bertz CT molecular complexity index is 652. The fraction of sp³-hybridized carbons (Fsp3) is 0.200. The maximum absolute atomic E-state index is 11.3. The standard InChI is InChI=1S/C10H11N3O2S3/c1-7-11-12-10(16-7)17-9-6-4-3-5-8(9)13-18(2,14)15/h3-6,13H,1-2H3. The van der Waals surface area contributed by atoms with Gasteiger partial charge in [-0.25, -0.2) is 8.42 Å². The third kappa shape index (κ3) is 3.69. The zero-order valence-corrected chi connectivity index (χ0v) is 12.2. The zero-order chi connectivity index (χ0) is 13.2. The van der Waals surface area contributed by atoms with Gasteiger partial charge in [0.1, 0.15) is 5.01 Å². The number of rotatable bonds is 4. The summed E-state index contributed by atoms with van der Waals surface area (Å²) in [6.45, 7) is 1.88. The van der Waals surface area contributed by atoms with E-state index in [1.807, 2.05) is 19.1 Å². The van der Waals surface area contributed by atoms with Crippen LogP contribution in [0.4, 0.5) is 5.69 Å². The highest BCUT2D eigenvalue weighted by Crippen LogP contribution is 2.35. The molecule has 5 nitrogen and oxygen atoms in total. The number of benzene rings is 1. The van der Waals surface area contributed by atoms with Crippen molar-refractivity contribution in [2.24, 2.45) is 0 Å². The number of hydrogen-bond acceptors (Lipinski definition) is 6. The molecule has 0 atom stereocenters. The average Bonchev–Trinajstić information content (AvgIpc) is 2.65. The largest absolute Gasteiger partial charge is 0.283 e. The van der Waals surface area contributed by atoms with E-state index in [0.717, 1.165) is 20.5 Å². The minimum absolute atomic E-state index is 0.554. The van der Waals surface area contributed by atoms with Gasteiger partial charge in [0.25, 0.3) is 0 Å². The Morgan fingerprint density at radius 1 is 1.28 bits per heavy atom. The van der Waals surface area contributed by atoms with Gasteiger partial charge in [-0.05, 0) is 19.1 Å². The molecule has 0 spiro atoms. The highest BCUT2D eigenvalue weighted by molar-refractivity contribution is 8.01. The van der Waals surface area contributed by atoms with E-state index in [2.05, 4.69) is 14.9 Å². The van der Waals surface area contributed by atoms with Crippen LogP contribution >= 0.6 is 23.1 Å². The van der Waals surface area contributed by atoms with Gasteiger partial charge in [-0.15, -0.1) is 10.2 Å². The van der Waals surface area contributed by atoms with E-state index in [4.69, 9.17) is 0 Å². The van der Waals surface area contributed by atoms with Crippen molar-refractivity contribution in [3.63, 3.8) is 0 Å². The molecule has 0 fully saturated rings. The minimum Gasteiger partial charge on any atom is -0.283 e. The molecule has 18 heavy (non-hydrogen) atoms. The van der Waals surface area contributed by atoms with Crippen LogP contribution in [0.1, 0.15) is 5.01 Å². The van der Waals surface area contributed by atoms with Crippen LogP contribution in [0.25, 0.3) is 0 Å². The van der Waals surface area contributed by atoms with Gasteiger partial charge in [0.2, 0.25) is 10.0 Å². The molecule has 0 aliphatic rings. The van der Waals surface area contributed by atoms with Crippen molar-refractivity contribution in [1.29, 1.82) is 0 Å². The molecule has 1 heterocycles. The summed E-state index contributed by atoms with van der Waals surface area (Å²) in [6, 6.07) is 7.19. The summed E-state index contributed by atoms with van der Waals surface area (Å²) in [7, 11) is -3.28. The Morgan fingerprint density at radius 2 is 2.00 bits per heavy atom. The molecule has 8 heteroatoms. The van der Waals surface area contributed by atoms with Gasteiger partial charge >= 0.3 is 0 Å². The molecule has 1 aromatic heterocycles. The number of nitrogens with zero attached hydrogens (tertiary/aromatic N) is 2. The highest BCUT2D eigenvalue weighted by atomic mass is 32.2. The number of aryl methyl sites for hydroxylation is 1. The molecule has 0 radical (unpaired) electrons. The fourth-order valence-electron chi connectivity index (χ4n) is 1.25. The first-order valence-corrected chi connectivity index (χ1v) is 8.51. The van der Waals surface area contributed by atoms with Crippen molar-refractivity contribution in [2.75, 3.05) is 11.0 Å². The van der Waals surface area contributed by atoms with Crippen molar-refractivity contribution in [2.45, 2.75) is 16.2 Å². The lowest BCUT2D eigenvalue weighted by Crippen LogP contribution is -2.10. The van der Waals surface area contributed by atoms with Crippen LogP contribution in [-0.2, 0) is 10.0 Å². The van der Waals surface area contributed by atoms with Crippen LogP contribution in [0.5, 0.6) is 0 Å². The minimum atomic E-state index is -3.28. The molecule has 0 saturated heterocycles. The lowest BCUT2D eigenvalue weighted by Gasteiger charge is -2.08. The number of nitrogens with one attached hydrogen (secondary N) is 1. The van der Waals surface area contributed by atoms with Gasteiger partial charge in [-0.2, -0.15) is 0 Å². The molecule has 2 aromatic rings. The summed E-state index contributed by atoms with van der Waals surface area (Å²) >= 11 is 2.87. The Balaban J connectivity index is 2.27. The van der Waals surface area contributed by atoms with Crippen molar-refractivity contribution < 1.29 is 8.42 Å². The van der Waals surface area contributed by atoms with E-state index < -0.39 is 10.0 Å². The Labute approximate surface area is 114 Å². The monoisotopic (exact) mass is 301 g/mol. The molecule has 0 bridgehead atoms. The molecular weight excluding hydrogens is 290 g/mol. The number of anilines is 1. The molecule has 1 N–H and O–H groups in total.